The van der Waals surface area contributed by atoms with Crippen LogP contribution in [0.4, 0.5) is 5.69 Å². The monoisotopic (exact) mass is 246 g/mol. The lowest BCUT2D eigenvalue weighted by Gasteiger charge is -2.09. The van der Waals surface area contributed by atoms with Gasteiger partial charge in [0.15, 0.2) is 5.11 Å². The van der Waals surface area contributed by atoms with Crippen molar-refractivity contribution in [3.05, 3.63) is 30.7 Å². The fourth-order valence-corrected chi connectivity index (χ4v) is 1.70. The number of aromatic nitrogens is 2. The molecule has 0 aliphatic heterocycles. The van der Waals surface area contributed by atoms with E-state index in [1.165, 1.54) is 0 Å². The second-order valence-corrected chi connectivity index (χ2v) is 4.09. The predicted molar refractivity (Wildman–Crippen MR) is 74.1 cm³/mol. The molecule has 0 unspecified atom stereocenters. The Kier molecular flexibility index (Phi) is 3.82. The number of hydrogen-bond acceptors (Lipinski definition) is 3. The predicted octanol–water partition coefficient (Wildman–Crippen LogP) is 2.33. The third-order valence-electron chi connectivity index (χ3n) is 2.30. The molecule has 4 nitrogen and oxygen atoms in total. The van der Waals surface area contributed by atoms with Gasteiger partial charge in [0.05, 0.1) is 5.52 Å². The average molecular weight is 246 g/mol. The van der Waals surface area contributed by atoms with E-state index < -0.39 is 0 Å². The third kappa shape index (κ3) is 3.10. The van der Waals surface area contributed by atoms with E-state index in [0.717, 1.165) is 29.6 Å². The maximum absolute atomic E-state index is 5.17. The van der Waals surface area contributed by atoms with Crippen LogP contribution in [0.1, 0.15) is 13.3 Å². The second kappa shape index (κ2) is 5.54. The summed E-state index contributed by atoms with van der Waals surface area (Å²) in [6, 6.07) is 5.88. The normalized spacial score (nSPS) is 10.2. The summed E-state index contributed by atoms with van der Waals surface area (Å²) in [5.74, 6) is 0. The molecule has 2 rings (SSSR count). The van der Waals surface area contributed by atoms with Crippen molar-refractivity contribution in [3.63, 3.8) is 0 Å². The number of thiocarbonyl (C=S) groups is 1. The third-order valence-corrected chi connectivity index (χ3v) is 2.54. The van der Waals surface area contributed by atoms with Crippen LogP contribution in [0.3, 0.4) is 0 Å². The van der Waals surface area contributed by atoms with Gasteiger partial charge in [0.25, 0.3) is 0 Å². The van der Waals surface area contributed by atoms with Crippen molar-refractivity contribution in [1.29, 1.82) is 0 Å². The minimum atomic E-state index is 0.642. The molecule has 1 aromatic heterocycles. The van der Waals surface area contributed by atoms with Crippen molar-refractivity contribution in [2.45, 2.75) is 13.3 Å². The summed E-state index contributed by atoms with van der Waals surface area (Å²) in [6.07, 6.45) is 4.38. The quantitative estimate of drug-likeness (QED) is 0.814. The van der Waals surface area contributed by atoms with Gasteiger partial charge in [0, 0.05) is 23.8 Å². The van der Waals surface area contributed by atoms with E-state index >= 15 is 0 Å². The molecule has 0 radical (unpaired) electrons. The minimum Gasteiger partial charge on any atom is -0.362 e. The molecule has 0 fully saturated rings. The van der Waals surface area contributed by atoms with Gasteiger partial charge in [0.2, 0.25) is 0 Å². The molecule has 0 saturated heterocycles. The van der Waals surface area contributed by atoms with E-state index in [0.29, 0.717) is 5.11 Å². The summed E-state index contributed by atoms with van der Waals surface area (Å²) in [5.41, 5.74) is 1.87. The van der Waals surface area contributed by atoms with Crippen LogP contribution in [0.5, 0.6) is 0 Å². The Bertz CT molecular complexity index is 527. The van der Waals surface area contributed by atoms with Gasteiger partial charge in [0.1, 0.15) is 6.33 Å². The van der Waals surface area contributed by atoms with Crippen molar-refractivity contribution in [2.24, 2.45) is 0 Å². The largest absolute Gasteiger partial charge is 0.362 e. The molecular formula is C12H14N4S. The van der Waals surface area contributed by atoms with Crippen LogP contribution < -0.4 is 10.6 Å². The molecule has 0 bridgehead atoms. The first-order chi connectivity index (χ1) is 8.29. The van der Waals surface area contributed by atoms with Gasteiger partial charge in [-0.25, -0.2) is 9.97 Å². The Hall–Kier alpha value is -1.75. The zero-order chi connectivity index (χ0) is 12.1. The summed E-state index contributed by atoms with van der Waals surface area (Å²) in [4.78, 5) is 8.16. The highest BCUT2D eigenvalue weighted by Crippen LogP contribution is 2.15. The Morgan fingerprint density at radius 3 is 3.12 bits per heavy atom. The molecule has 0 amide bonds. The van der Waals surface area contributed by atoms with E-state index in [1.807, 2.05) is 18.2 Å². The van der Waals surface area contributed by atoms with E-state index in [-0.39, 0.29) is 0 Å². The molecule has 0 saturated carbocycles. The molecule has 1 heterocycles. The van der Waals surface area contributed by atoms with E-state index in [9.17, 15) is 0 Å². The fourth-order valence-electron chi connectivity index (χ4n) is 1.48. The molecule has 17 heavy (non-hydrogen) atoms. The smallest absolute Gasteiger partial charge is 0.170 e. The highest BCUT2D eigenvalue weighted by atomic mass is 32.1. The molecule has 1 aromatic carbocycles. The molecular weight excluding hydrogens is 232 g/mol. The van der Waals surface area contributed by atoms with E-state index in [2.05, 4.69) is 27.5 Å². The maximum Gasteiger partial charge on any atom is 0.170 e. The Balaban J connectivity index is 2.11. The summed E-state index contributed by atoms with van der Waals surface area (Å²) in [7, 11) is 0. The molecule has 0 spiro atoms. The van der Waals surface area contributed by atoms with Gasteiger partial charge in [-0.1, -0.05) is 6.92 Å². The lowest BCUT2D eigenvalue weighted by molar-refractivity contribution is 0.846. The topological polar surface area (TPSA) is 49.8 Å². The minimum absolute atomic E-state index is 0.642. The summed E-state index contributed by atoms with van der Waals surface area (Å²) < 4.78 is 0. The summed E-state index contributed by atoms with van der Waals surface area (Å²) >= 11 is 5.17. The van der Waals surface area contributed by atoms with Crippen molar-refractivity contribution < 1.29 is 0 Å². The molecule has 2 aromatic rings. The first-order valence-electron chi connectivity index (χ1n) is 5.54. The lowest BCUT2D eigenvalue weighted by atomic mass is 10.2. The van der Waals surface area contributed by atoms with E-state index in [1.54, 1.807) is 12.5 Å². The number of benzene rings is 1. The Morgan fingerprint density at radius 2 is 2.29 bits per heavy atom. The molecule has 0 atom stereocenters. The van der Waals surface area contributed by atoms with Gasteiger partial charge in [-0.2, -0.15) is 0 Å². The van der Waals surface area contributed by atoms with Crippen LogP contribution >= 0.6 is 12.2 Å². The van der Waals surface area contributed by atoms with Crippen molar-refractivity contribution in [1.82, 2.24) is 15.3 Å². The summed E-state index contributed by atoms with van der Waals surface area (Å²) in [6.45, 7) is 2.98. The van der Waals surface area contributed by atoms with Crippen LogP contribution in [0.2, 0.25) is 0 Å². The second-order valence-electron chi connectivity index (χ2n) is 3.68. The standard InChI is InChI=1S/C12H14N4S/c1-2-5-14-12(17)16-10-3-4-11-9(6-10)7-13-8-15-11/h3-4,6-8H,2,5H2,1H3,(H2,14,16,17). The van der Waals surface area contributed by atoms with Crippen molar-refractivity contribution in [3.8, 4) is 0 Å². The Morgan fingerprint density at radius 1 is 1.41 bits per heavy atom. The van der Waals surface area contributed by atoms with Gasteiger partial charge in [-0.15, -0.1) is 0 Å². The number of hydrogen-bond donors (Lipinski definition) is 2. The SMILES string of the molecule is CCCNC(=S)Nc1ccc2ncncc2c1. The van der Waals surface area contributed by atoms with Crippen LogP contribution in [-0.2, 0) is 0 Å². The van der Waals surface area contributed by atoms with E-state index in [4.69, 9.17) is 12.2 Å². The zero-order valence-electron chi connectivity index (χ0n) is 9.60. The maximum atomic E-state index is 5.17. The molecule has 2 N–H and O–H groups in total. The number of nitrogens with zero attached hydrogens (tertiary/aromatic N) is 2. The average Bonchev–Trinajstić information content (AvgIpc) is 2.36. The van der Waals surface area contributed by atoms with Gasteiger partial charge >= 0.3 is 0 Å². The van der Waals surface area contributed by atoms with Crippen LogP contribution in [0.15, 0.2) is 30.7 Å². The fraction of sp³-hybridized carbons (Fsp3) is 0.250. The van der Waals surface area contributed by atoms with Crippen molar-refractivity contribution >= 4 is 33.9 Å². The van der Waals surface area contributed by atoms with Crippen LogP contribution in [0, 0.1) is 0 Å². The molecule has 88 valence electrons. The van der Waals surface area contributed by atoms with Crippen molar-refractivity contribution in [2.75, 3.05) is 11.9 Å². The zero-order valence-corrected chi connectivity index (χ0v) is 10.4. The summed E-state index contributed by atoms with van der Waals surface area (Å²) in [5, 5.41) is 7.89. The number of anilines is 1. The number of rotatable bonds is 3. The lowest BCUT2D eigenvalue weighted by Crippen LogP contribution is -2.28. The molecule has 0 aliphatic rings. The van der Waals surface area contributed by atoms with Gasteiger partial charge in [-0.05, 0) is 36.8 Å². The molecule has 5 heteroatoms. The highest BCUT2D eigenvalue weighted by Gasteiger charge is 1.99. The first kappa shape index (κ1) is 11.7. The number of fused-ring (bicyclic) bond motifs is 1. The van der Waals surface area contributed by atoms with Crippen LogP contribution in [0.25, 0.3) is 10.9 Å². The molecule has 0 aliphatic carbocycles. The van der Waals surface area contributed by atoms with Crippen LogP contribution in [-0.4, -0.2) is 21.6 Å². The number of nitrogens with one attached hydrogen (secondary N) is 2. The first-order valence-corrected chi connectivity index (χ1v) is 5.95. The van der Waals surface area contributed by atoms with Gasteiger partial charge < -0.3 is 10.6 Å². The Labute approximate surface area is 105 Å². The highest BCUT2D eigenvalue weighted by molar-refractivity contribution is 7.80. The van der Waals surface area contributed by atoms with Gasteiger partial charge in [-0.3, -0.25) is 0 Å².